The molecule has 2 saturated heterocycles. The molecule has 0 bridgehead atoms. The molecule has 186 valence electrons. The van der Waals surface area contributed by atoms with Crippen molar-refractivity contribution in [3.8, 4) is 5.75 Å². The molecule has 2 fully saturated rings. The Balaban J connectivity index is 1.67. The zero-order valence-electron chi connectivity index (χ0n) is 20.1. The average Bonchev–Trinajstić information content (AvgIpc) is 3.11. The number of benzene rings is 2. The minimum atomic E-state index is -0.691. The normalized spacial score (nSPS) is 20.4. The number of aliphatic hydroxyl groups excluding tert-OH is 1. The molecule has 2 heterocycles. The topological polar surface area (TPSA) is 79.3 Å². The van der Waals surface area contributed by atoms with Crippen molar-refractivity contribution in [2.45, 2.75) is 26.3 Å². The van der Waals surface area contributed by atoms with Gasteiger partial charge in [0.1, 0.15) is 11.5 Å². The number of aliphatic hydroxyl groups is 1. The Labute approximate surface area is 210 Å². The van der Waals surface area contributed by atoms with Crippen LogP contribution in [0.4, 0.5) is 0 Å². The number of hydrogen-bond acceptors (Lipinski definition) is 6. The first kappa shape index (κ1) is 25.2. The number of carbonyl (C=O) groups is 2. The number of rotatable bonds is 8. The first-order valence-corrected chi connectivity index (χ1v) is 12.4. The highest BCUT2D eigenvalue weighted by Crippen LogP contribution is 2.40. The van der Waals surface area contributed by atoms with Gasteiger partial charge in [0.05, 0.1) is 31.4 Å². The Hall–Kier alpha value is -2.87. The molecular formula is C27H31ClN2O5. The lowest BCUT2D eigenvalue weighted by Crippen LogP contribution is -2.38. The van der Waals surface area contributed by atoms with Crippen LogP contribution in [-0.4, -0.2) is 72.6 Å². The van der Waals surface area contributed by atoms with E-state index in [0.717, 1.165) is 30.8 Å². The summed E-state index contributed by atoms with van der Waals surface area (Å²) in [5.41, 5.74) is 2.12. The molecule has 7 nitrogen and oxygen atoms in total. The van der Waals surface area contributed by atoms with Gasteiger partial charge in [0.2, 0.25) is 0 Å². The molecule has 4 rings (SSSR count). The minimum Gasteiger partial charge on any atom is -0.507 e. The van der Waals surface area contributed by atoms with E-state index in [1.54, 1.807) is 47.4 Å². The largest absolute Gasteiger partial charge is 0.507 e. The van der Waals surface area contributed by atoms with Crippen molar-refractivity contribution < 1.29 is 24.2 Å². The van der Waals surface area contributed by atoms with Crippen LogP contribution in [0, 0.1) is 6.92 Å². The Bertz CT molecular complexity index is 1110. The third-order valence-corrected chi connectivity index (χ3v) is 6.70. The van der Waals surface area contributed by atoms with Gasteiger partial charge in [-0.3, -0.25) is 14.5 Å². The number of carbonyl (C=O) groups excluding carboxylic acids is 2. The van der Waals surface area contributed by atoms with E-state index in [-0.39, 0.29) is 11.3 Å². The lowest BCUT2D eigenvalue weighted by Gasteiger charge is -2.29. The van der Waals surface area contributed by atoms with Crippen molar-refractivity contribution in [2.24, 2.45) is 0 Å². The monoisotopic (exact) mass is 498 g/mol. The summed E-state index contributed by atoms with van der Waals surface area (Å²) in [6.07, 6.45) is 0.708. The van der Waals surface area contributed by atoms with Crippen LogP contribution in [0.1, 0.15) is 36.1 Å². The van der Waals surface area contributed by atoms with Crippen molar-refractivity contribution in [3.63, 3.8) is 0 Å². The molecule has 0 radical (unpaired) electrons. The Kier molecular flexibility index (Phi) is 8.11. The summed E-state index contributed by atoms with van der Waals surface area (Å²) in [6, 6.07) is 11.6. The molecule has 0 saturated carbocycles. The lowest BCUT2D eigenvalue weighted by molar-refractivity contribution is -0.140. The van der Waals surface area contributed by atoms with Gasteiger partial charge in [0, 0.05) is 36.8 Å². The maximum Gasteiger partial charge on any atom is 0.295 e. The Morgan fingerprint density at radius 1 is 1.11 bits per heavy atom. The van der Waals surface area contributed by atoms with Crippen molar-refractivity contribution in [2.75, 3.05) is 46.0 Å². The second-order valence-corrected chi connectivity index (χ2v) is 9.20. The van der Waals surface area contributed by atoms with Gasteiger partial charge in [-0.2, -0.15) is 0 Å². The number of halogens is 1. The summed E-state index contributed by atoms with van der Waals surface area (Å²) < 4.78 is 11.0. The van der Waals surface area contributed by atoms with Gasteiger partial charge in [-0.15, -0.1) is 0 Å². The standard InChI is InChI=1S/C27H31ClN2O5/c1-3-35-22-10-7-20(17-18(22)2)25(31)23-24(19-5-8-21(28)9-6-19)30(27(33)26(23)32)12-4-11-29-13-15-34-16-14-29/h5-10,17,24,31H,3-4,11-16H2,1-2H3/b25-23-. The molecule has 2 aromatic rings. The van der Waals surface area contributed by atoms with Crippen molar-refractivity contribution in [3.05, 3.63) is 69.8 Å². The van der Waals surface area contributed by atoms with Crippen molar-refractivity contribution in [1.82, 2.24) is 9.80 Å². The molecule has 2 aliphatic rings. The smallest absolute Gasteiger partial charge is 0.295 e. The number of hydrogen-bond donors (Lipinski definition) is 1. The molecule has 2 aromatic carbocycles. The summed E-state index contributed by atoms with van der Waals surface area (Å²) in [4.78, 5) is 30.2. The Morgan fingerprint density at radius 2 is 1.83 bits per heavy atom. The molecule has 1 amide bonds. The number of nitrogens with zero attached hydrogens (tertiary/aromatic N) is 2. The van der Waals surface area contributed by atoms with Crippen LogP contribution in [0.3, 0.4) is 0 Å². The van der Waals surface area contributed by atoms with Crippen LogP contribution in [0.25, 0.3) is 5.76 Å². The molecule has 1 N–H and O–H groups in total. The molecular weight excluding hydrogens is 468 g/mol. The maximum absolute atomic E-state index is 13.2. The van der Waals surface area contributed by atoms with E-state index in [4.69, 9.17) is 21.1 Å². The molecule has 0 spiro atoms. The summed E-state index contributed by atoms with van der Waals surface area (Å²) in [5, 5.41) is 11.8. The van der Waals surface area contributed by atoms with E-state index in [9.17, 15) is 14.7 Å². The quantitative estimate of drug-likeness (QED) is 0.334. The number of likely N-dealkylation sites (tertiary alicyclic amines) is 1. The minimum absolute atomic E-state index is 0.0901. The van der Waals surface area contributed by atoms with Crippen LogP contribution in [-0.2, 0) is 14.3 Å². The molecule has 35 heavy (non-hydrogen) atoms. The molecule has 0 aromatic heterocycles. The number of morpholine rings is 1. The van der Waals surface area contributed by atoms with Gasteiger partial charge in [-0.05, 0) is 61.7 Å². The van der Waals surface area contributed by atoms with Crippen molar-refractivity contribution in [1.29, 1.82) is 0 Å². The van der Waals surface area contributed by atoms with Gasteiger partial charge in [0.15, 0.2) is 0 Å². The molecule has 1 atom stereocenters. The van der Waals surface area contributed by atoms with Gasteiger partial charge < -0.3 is 19.5 Å². The molecule has 1 unspecified atom stereocenters. The maximum atomic E-state index is 13.2. The number of Topliss-reactive ketones (excluding diaryl/α,β-unsaturated/α-hetero) is 1. The van der Waals surface area contributed by atoms with Gasteiger partial charge in [0.25, 0.3) is 11.7 Å². The van der Waals surface area contributed by atoms with E-state index in [1.807, 2.05) is 13.8 Å². The Morgan fingerprint density at radius 3 is 2.49 bits per heavy atom. The first-order valence-electron chi connectivity index (χ1n) is 12.0. The molecule has 0 aliphatic carbocycles. The zero-order chi connectivity index (χ0) is 24.9. The summed E-state index contributed by atoms with van der Waals surface area (Å²) >= 11 is 6.10. The summed E-state index contributed by atoms with van der Waals surface area (Å²) in [5.74, 6) is -0.761. The van der Waals surface area contributed by atoms with Crippen LogP contribution in [0.2, 0.25) is 5.02 Å². The van der Waals surface area contributed by atoms with E-state index in [2.05, 4.69) is 4.90 Å². The fourth-order valence-corrected chi connectivity index (χ4v) is 4.79. The van der Waals surface area contributed by atoms with Gasteiger partial charge in [-0.1, -0.05) is 23.7 Å². The molecule has 2 aliphatic heterocycles. The number of ether oxygens (including phenoxy) is 2. The fraction of sp³-hybridized carbons (Fsp3) is 0.407. The second-order valence-electron chi connectivity index (χ2n) is 8.76. The highest BCUT2D eigenvalue weighted by atomic mass is 35.5. The zero-order valence-corrected chi connectivity index (χ0v) is 20.9. The van der Waals surface area contributed by atoms with E-state index < -0.39 is 17.7 Å². The number of amides is 1. The van der Waals surface area contributed by atoms with Crippen molar-refractivity contribution >= 4 is 29.1 Å². The van der Waals surface area contributed by atoms with Crippen LogP contribution in [0.5, 0.6) is 5.75 Å². The van der Waals surface area contributed by atoms with Crippen LogP contribution in [0.15, 0.2) is 48.0 Å². The predicted octanol–water partition coefficient (Wildman–Crippen LogP) is 4.19. The predicted molar refractivity (Wildman–Crippen MR) is 135 cm³/mol. The van der Waals surface area contributed by atoms with Gasteiger partial charge >= 0.3 is 0 Å². The number of ketones is 1. The summed E-state index contributed by atoms with van der Waals surface area (Å²) in [7, 11) is 0. The second kappa shape index (κ2) is 11.2. The summed E-state index contributed by atoms with van der Waals surface area (Å²) in [6.45, 7) is 8.63. The first-order chi connectivity index (χ1) is 16.9. The lowest BCUT2D eigenvalue weighted by atomic mass is 9.94. The molecule has 8 heteroatoms. The van der Waals surface area contributed by atoms with E-state index >= 15 is 0 Å². The van der Waals surface area contributed by atoms with E-state index in [1.165, 1.54) is 0 Å². The van der Waals surface area contributed by atoms with Crippen LogP contribution < -0.4 is 4.74 Å². The number of aryl methyl sites for hydroxylation is 1. The third kappa shape index (κ3) is 5.53. The van der Waals surface area contributed by atoms with Crippen LogP contribution >= 0.6 is 11.6 Å². The van der Waals surface area contributed by atoms with Gasteiger partial charge in [-0.25, -0.2) is 0 Å². The third-order valence-electron chi connectivity index (χ3n) is 6.45. The van der Waals surface area contributed by atoms with E-state index in [0.29, 0.717) is 49.1 Å². The highest BCUT2D eigenvalue weighted by Gasteiger charge is 2.45. The highest BCUT2D eigenvalue weighted by molar-refractivity contribution is 6.46. The fourth-order valence-electron chi connectivity index (χ4n) is 4.66. The SMILES string of the molecule is CCOc1ccc(/C(O)=C2/C(=O)C(=O)N(CCCN3CCOCC3)C2c2ccc(Cl)cc2)cc1C. The average molecular weight is 499 g/mol.